The molecule has 0 bridgehead atoms. The van der Waals surface area contributed by atoms with E-state index in [1.165, 1.54) is 10.8 Å². The molecule has 2 aromatic carbocycles. The number of hydrogen-bond donors (Lipinski definition) is 1. The van der Waals surface area contributed by atoms with Gasteiger partial charge in [0.2, 0.25) is 0 Å². The quantitative estimate of drug-likeness (QED) is 0.427. The highest BCUT2D eigenvalue weighted by atomic mass is 35.5. The number of carbonyl (C=O) groups excluding carboxylic acids is 1. The molecular formula is C17H7Cl3F6N4O3S. The summed E-state index contributed by atoms with van der Waals surface area (Å²) in [6.45, 7) is 0. The molecular weight excluding hydrogens is 561 g/mol. The van der Waals surface area contributed by atoms with Crippen molar-refractivity contribution in [2.45, 2.75) is 17.2 Å². The topological polar surface area (TPSA) is 93.9 Å². The molecule has 182 valence electrons. The van der Waals surface area contributed by atoms with E-state index >= 15 is 0 Å². The van der Waals surface area contributed by atoms with Crippen LogP contribution >= 0.6 is 34.8 Å². The molecule has 1 aromatic heterocycles. The maximum absolute atomic E-state index is 13.8. The number of nitrogens with zero attached hydrogens (tertiary/aromatic N) is 3. The van der Waals surface area contributed by atoms with Crippen LogP contribution in [0.2, 0.25) is 15.1 Å². The third kappa shape index (κ3) is 5.24. The molecule has 0 atom stereocenters. The molecule has 1 amide bonds. The molecule has 0 aliphatic rings. The fourth-order valence-corrected chi connectivity index (χ4v) is 4.46. The summed E-state index contributed by atoms with van der Waals surface area (Å²) in [6, 6.07) is 4.57. The Morgan fingerprint density at radius 2 is 1.53 bits per heavy atom. The highest BCUT2D eigenvalue weighted by Gasteiger charge is 2.43. The van der Waals surface area contributed by atoms with E-state index in [1.54, 1.807) is 0 Å². The van der Waals surface area contributed by atoms with E-state index in [2.05, 4.69) is 10.3 Å². The van der Waals surface area contributed by atoms with Crippen molar-refractivity contribution in [2.75, 3.05) is 0 Å². The van der Waals surface area contributed by atoms with Gasteiger partial charge in [-0.25, -0.2) is 17.8 Å². The number of benzene rings is 2. The Kier molecular flexibility index (Phi) is 6.83. The lowest BCUT2D eigenvalue weighted by molar-refractivity contribution is -0.143. The molecule has 3 rings (SSSR count). The van der Waals surface area contributed by atoms with Crippen molar-refractivity contribution in [3.63, 3.8) is 0 Å². The summed E-state index contributed by atoms with van der Waals surface area (Å²) in [6.07, 6.45) is -10.3. The molecule has 1 N–H and O–H groups in total. The fraction of sp³-hybridized carbons (Fsp3) is 0.118. The number of hydrogen-bond acceptors (Lipinski definition) is 5. The third-order valence-corrected chi connectivity index (χ3v) is 6.43. The molecule has 0 spiro atoms. The summed E-state index contributed by atoms with van der Waals surface area (Å²) in [5.74, 6) is -1.94. The lowest BCUT2D eigenvalue weighted by atomic mass is 10.2. The molecule has 17 heteroatoms. The molecule has 0 radical (unpaired) electrons. The van der Waals surface area contributed by atoms with Gasteiger partial charge in [0.25, 0.3) is 15.9 Å². The first kappa shape index (κ1) is 26.1. The number of alkyl halides is 6. The molecule has 0 unspecified atom stereocenters. The van der Waals surface area contributed by atoms with Crippen molar-refractivity contribution < 1.29 is 39.6 Å². The van der Waals surface area contributed by atoms with Crippen LogP contribution in [0.1, 0.15) is 21.7 Å². The van der Waals surface area contributed by atoms with Gasteiger partial charge in [-0.2, -0.15) is 26.3 Å². The zero-order chi connectivity index (χ0) is 25.6. The first-order valence-electron chi connectivity index (χ1n) is 8.44. The first-order valence-corrected chi connectivity index (χ1v) is 11.1. The minimum atomic E-state index is -5.31. The maximum Gasteiger partial charge on any atom is 0.435 e. The number of rotatable bonds is 4. The Balaban J connectivity index is 2.08. The highest BCUT2D eigenvalue weighted by Crippen LogP contribution is 2.36. The van der Waals surface area contributed by atoms with Crippen LogP contribution < -0.4 is 4.72 Å². The van der Waals surface area contributed by atoms with Crippen LogP contribution in [-0.4, -0.2) is 29.3 Å². The smallest absolute Gasteiger partial charge is 0.266 e. The van der Waals surface area contributed by atoms with Gasteiger partial charge in [0.15, 0.2) is 11.4 Å². The number of amides is 1. The Hall–Kier alpha value is -2.55. The predicted molar refractivity (Wildman–Crippen MR) is 107 cm³/mol. The van der Waals surface area contributed by atoms with Crippen LogP contribution in [-0.2, 0) is 22.4 Å². The van der Waals surface area contributed by atoms with Crippen LogP contribution in [0.5, 0.6) is 0 Å². The SMILES string of the molecule is O=C(NS(=O)(=O)c1cc(C(F)(F)F)ccc1Cl)c1nnn(-c2cc(Cl)ccc2Cl)c1C(F)(F)F. The molecule has 0 saturated heterocycles. The minimum Gasteiger partial charge on any atom is -0.266 e. The normalized spacial score (nSPS) is 12.6. The lowest BCUT2D eigenvalue weighted by Crippen LogP contribution is -2.33. The molecule has 34 heavy (non-hydrogen) atoms. The Labute approximate surface area is 201 Å². The zero-order valence-corrected chi connectivity index (χ0v) is 18.9. The summed E-state index contributed by atoms with van der Waals surface area (Å²) >= 11 is 17.3. The van der Waals surface area contributed by atoms with Gasteiger partial charge in [0.1, 0.15) is 4.90 Å². The number of halogens is 9. The van der Waals surface area contributed by atoms with E-state index < -0.39 is 60.8 Å². The molecule has 0 aliphatic carbocycles. The molecule has 0 aliphatic heterocycles. The average Bonchev–Trinajstić information content (AvgIpc) is 3.14. The zero-order valence-electron chi connectivity index (χ0n) is 15.8. The largest absolute Gasteiger partial charge is 0.435 e. The van der Waals surface area contributed by atoms with E-state index in [1.807, 2.05) is 0 Å². The summed E-state index contributed by atoms with van der Waals surface area (Å²) in [4.78, 5) is 11.3. The van der Waals surface area contributed by atoms with Crippen molar-refractivity contribution >= 4 is 50.7 Å². The highest BCUT2D eigenvalue weighted by molar-refractivity contribution is 7.90. The van der Waals surface area contributed by atoms with Crippen molar-refractivity contribution in [1.29, 1.82) is 0 Å². The third-order valence-electron chi connectivity index (χ3n) is 4.07. The Morgan fingerprint density at radius 1 is 0.912 bits per heavy atom. The second-order valence-corrected chi connectivity index (χ2v) is 9.27. The summed E-state index contributed by atoms with van der Waals surface area (Å²) in [7, 11) is -5.18. The van der Waals surface area contributed by atoms with Crippen LogP contribution in [0.15, 0.2) is 41.3 Å². The van der Waals surface area contributed by atoms with E-state index in [0.717, 1.165) is 12.1 Å². The standard InChI is InChI=1S/C17H7Cl3F6N4O3S/c18-8-2-4-9(19)11(6-8)30-14(17(24,25)26)13(27-29-30)15(31)28-34(32,33)12-5-7(16(21,22)23)1-3-10(12)20/h1-6H,(H,28,31). The molecule has 0 saturated carbocycles. The van der Waals surface area contributed by atoms with Crippen LogP contribution in [0.3, 0.4) is 0 Å². The van der Waals surface area contributed by atoms with Gasteiger partial charge in [-0.1, -0.05) is 40.0 Å². The van der Waals surface area contributed by atoms with Crippen LogP contribution in [0, 0.1) is 0 Å². The molecule has 7 nitrogen and oxygen atoms in total. The van der Waals surface area contributed by atoms with Gasteiger partial charge < -0.3 is 0 Å². The molecule has 1 heterocycles. The molecule has 3 aromatic rings. The number of carbonyl (C=O) groups is 1. The summed E-state index contributed by atoms with van der Waals surface area (Å²) < 4.78 is 106. The van der Waals surface area contributed by atoms with Gasteiger partial charge >= 0.3 is 12.4 Å². The molecule has 0 fully saturated rings. The van der Waals surface area contributed by atoms with Crippen molar-refractivity contribution in [3.05, 3.63) is 68.4 Å². The van der Waals surface area contributed by atoms with Gasteiger partial charge in [-0.15, -0.1) is 5.10 Å². The van der Waals surface area contributed by atoms with E-state index in [9.17, 15) is 39.6 Å². The van der Waals surface area contributed by atoms with E-state index in [0.29, 0.717) is 12.1 Å². The number of aromatic nitrogens is 3. The predicted octanol–water partition coefficient (Wildman–Crippen LogP) is 5.38. The van der Waals surface area contributed by atoms with Crippen LogP contribution in [0.4, 0.5) is 26.3 Å². The minimum absolute atomic E-state index is 0.0456. The van der Waals surface area contributed by atoms with Crippen LogP contribution in [0.25, 0.3) is 5.69 Å². The van der Waals surface area contributed by atoms with Crippen molar-refractivity contribution in [1.82, 2.24) is 19.7 Å². The van der Waals surface area contributed by atoms with Gasteiger partial charge in [0.05, 0.1) is 21.3 Å². The summed E-state index contributed by atoms with van der Waals surface area (Å²) in [5, 5.41) is 5.27. The lowest BCUT2D eigenvalue weighted by Gasteiger charge is -2.13. The van der Waals surface area contributed by atoms with Gasteiger partial charge in [-0.05, 0) is 36.4 Å². The Bertz CT molecular complexity index is 1390. The first-order chi connectivity index (χ1) is 15.5. The van der Waals surface area contributed by atoms with Gasteiger partial charge in [-0.3, -0.25) is 4.79 Å². The monoisotopic (exact) mass is 566 g/mol. The number of nitrogens with one attached hydrogen (secondary N) is 1. The van der Waals surface area contributed by atoms with Crippen molar-refractivity contribution in [2.24, 2.45) is 0 Å². The second kappa shape index (κ2) is 8.91. The van der Waals surface area contributed by atoms with E-state index in [-0.39, 0.29) is 20.8 Å². The fourth-order valence-electron chi connectivity index (χ4n) is 2.62. The Morgan fingerprint density at radius 3 is 2.12 bits per heavy atom. The van der Waals surface area contributed by atoms with Crippen molar-refractivity contribution in [3.8, 4) is 5.69 Å². The second-order valence-electron chi connectivity index (χ2n) is 6.37. The van der Waals surface area contributed by atoms with E-state index in [4.69, 9.17) is 34.8 Å². The average molecular weight is 568 g/mol. The summed E-state index contributed by atoms with van der Waals surface area (Å²) in [5.41, 5.74) is -5.19. The number of sulfonamides is 1. The maximum atomic E-state index is 13.8. The van der Waals surface area contributed by atoms with Gasteiger partial charge in [0, 0.05) is 5.02 Å².